The minimum Gasteiger partial charge on any atom is -0.376 e. The zero-order chi connectivity index (χ0) is 19.6. The van der Waals surface area contributed by atoms with E-state index in [1.54, 1.807) is 0 Å². The van der Waals surface area contributed by atoms with Crippen LogP contribution in [0.15, 0.2) is 18.3 Å². The van der Waals surface area contributed by atoms with Gasteiger partial charge in [0.05, 0.1) is 47.4 Å². The number of ether oxygens (including phenoxy) is 2. The maximum absolute atomic E-state index is 14.5. The van der Waals surface area contributed by atoms with Crippen LogP contribution in [-0.2, 0) is 9.47 Å². The van der Waals surface area contributed by atoms with Crippen LogP contribution in [0.1, 0.15) is 24.2 Å². The number of hydrogen-bond donors (Lipinski definition) is 2. The number of primary amides is 1. The molecule has 7 nitrogen and oxygen atoms in total. The summed E-state index contributed by atoms with van der Waals surface area (Å²) < 4.78 is 25.8. The molecule has 1 aliphatic heterocycles. The van der Waals surface area contributed by atoms with Crippen LogP contribution >= 0.6 is 11.6 Å². The number of carbonyl (C=O) groups excluding carboxylic acids is 1. The van der Waals surface area contributed by atoms with Crippen LogP contribution in [0.3, 0.4) is 0 Å². The Hall–Kier alpha value is -2.29. The molecule has 1 radical (unpaired) electrons. The Bertz CT molecular complexity index is 862. The van der Waals surface area contributed by atoms with Crippen molar-refractivity contribution in [3.8, 4) is 11.3 Å². The van der Waals surface area contributed by atoms with E-state index in [0.29, 0.717) is 18.8 Å². The third-order valence-electron chi connectivity index (χ3n) is 3.95. The molecule has 3 N–H and O–H groups in total. The predicted octanol–water partition coefficient (Wildman–Crippen LogP) is 2.44. The smallest absolute Gasteiger partial charge is 0.251 e. The normalized spacial score (nSPS) is 18.9. The van der Waals surface area contributed by atoms with E-state index < -0.39 is 17.3 Å². The molecule has 2 aromatic rings. The Morgan fingerprint density at radius 3 is 3.00 bits per heavy atom. The molecular formula is C18H19ClFN4O3. The van der Waals surface area contributed by atoms with Gasteiger partial charge in [-0.1, -0.05) is 11.6 Å². The van der Waals surface area contributed by atoms with Crippen molar-refractivity contribution in [1.29, 1.82) is 0 Å². The second kappa shape index (κ2) is 7.75. The third-order valence-corrected chi connectivity index (χ3v) is 4.25. The standard InChI is InChI=1S/C18H19ClFN4O3/c1-18(2)9-26-8-10(27-18)6-23-17-14(20)5-12(16(21)25)15(24-17)11-3-4-22-7-13(11)19/h3,5,7,10H,6,8-9H2,1-2H3,(H2,21,25)(H,23,24)/t10-/m0/s1. The first-order valence-electron chi connectivity index (χ1n) is 8.28. The van der Waals surface area contributed by atoms with Crippen LogP contribution in [0.25, 0.3) is 11.3 Å². The highest BCUT2D eigenvalue weighted by Crippen LogP contribution is 2.30. The van der Waals surface area contributed by atoms with Gasteiger partial charge in [-0.05, 0) is 26.0 Å². The Kier molecular flexibility index (Phi) is 5.59. The molecule has 1 atom stereocenters. The molecule has 1 amide bonds. The van der Waals surface area contributed by atoms with Gasteiger partial charge in [0.25, 0.3) is 5.91 Å². The number of rotatable bonds is 5. The first kappa shape index (κ1) is 19.5. The molecule has 27 heavy (non-hydrogen) atoms. The molecule has 2 aromatic heterocycles. The van der Waals surface area contributed by atoms with E-state index in [-0.39, 0.29) is 34.7 Å². The fourth-order valence-corrected chi connectivity index (χ4v) is 2.98. The van der Waals surface area contributed by atoms with Gasteiger partial charge in [-0.15, -0.1) is 0 Å². The van der Waals surface area contributed by atoms with Gasteiger partial charge in [-0.25, -0.2) is 9.37 Å². The number of carbonyl (C=O) groups is 1. The first-order valence-corrected chi connectivity index (χ1v) is 8.66. The highest BCUT2D eigenvalue weighted by molar-refractivity contribution is 6.33. The molecule has 0 spiro atoms. The fraction of sp³-hybridized carbons (Fsp3) is 0.389. The van der Waals surface area contributed by atoms with E-state index >= 15 is 0 Å². The van der Waals surface area contributed by atoms with Gasteiger partial charge in [0.2, 0.25) is 0 Å². The number of pyridine rings is 2. The van der Waals surface area contributed by atoms with Crippen molar-refractivity contribution in [3.05, 3.63) is 40.9 Å². The predicted molar refractivity (Wildman–Crippen MR) is 98.1 cm³/mol. The molecule has 9 heteroatoms. The van der Waals surface area contributed by atoms with Crippen LogP contribution < -0.4 is 11.1 Å². The lowest BCUT2D eigenvalue weighted by atomic mass is 10.1. The summed E-state index contributed by atoms with van der Waals surface area (Å²) in [4.78, 5) is 19.7. The second-order valence-electron chi connectivity index (χ2n) is 6.77. The third kappa shape index (κ3) is 4.52. The topological polar surface area (TPSA) is 99.4 Å². The summed E-state index contributed by atoms with van der Waals surface area (Å²) in [7, 11) is 0. The molecule has 0 aromatic carbocycles. The Morgan fingerprint density at radius 2 is 2.33 bits per heavy atom. The molecule has 3 rings (SSSR count). The summed E-state index contributed by atoms with van der Waals surface area (Å²) in [5.41, 5.74) is 5.39. The maximum Gasteiger partial charge on any atom is 0.251 e. The van der Waals surface area contributed by atoms with Gasteiger partial charge in [0, 0.05) is 18.3 Å². The number of nitrogens with one attached hydrogen (secondary N) is 1. The summed E-state index contributed by atoms with van der Waals surface area (Å²) >= 11 is 6.13. The van der Waals surface area contributed by atoms with E-state index in [1.165, 1.54) is 12.3 Å². The number of halogens is 2. The van der Waals surface area contributed by atoms with Gasteiger partial charge in [0.1, 0.15) is 0 Å². The number of nitrogens with two attached hydrogens (primary N) is 1. The van der Waals surface area contributed by atoms with Crippen molar-refractivity contribution in [2.24, 2.45) is 5.73 Å². The Balaban J connectivity index is 1.89. The average molecular weight is 394 g/mol. The zero-order valence-corrected chi connectivity index (χ0v) is 15.6. The Morgan fingerprint density at radius 1 is 1.56 bits per heavy atom. The van der Waals surface area contributed by atoms with E-state index in [4.69, 9.17) is 26.8 Å². The van der Waals surface area contributed by atoms with Crippen LogP contribution in [0.5, 0.6) is 0 Å². The van der Waals surface area contributed by atoms with E-state index in [9.17, 15) is 9.18 Å². The summed E-state index contributed by atoms with van der Waals surface area (Å²) in [5, 5.41) is 3.15. The largest absolute Gasteiger partial charge is 0.376 e. The number of amides is 1. The summed E-state index contributed by atoms with van der Waals surface area (Å²) in [6, 6.07) is 2.49. The van der Waals surface area contributed by atoms with Gasteiger partial charge < -0.3 is 20.5 Å². The van der Waals surface area contributed by atoms with Crippen molar-refractivity contribution in [2.45, 2.75) is 25.6 Å². The van der Waals surface area contributed by atoms with Crippen molar-refractivity contribution >= 4 is 23.3 Å². The van der Waals surface area contributed by atoms with Crippen molar-refractivity contribution < 1.29 is 18.7 Å². The van der Waals surface area contributed by atoms with E-state index in [0.717, 1.165) is 6.07 Å². The molecule has 143 valence electrons. The zero-order valence-electron chi connectivity index (χ0n) is 14.9. The lowest BCUT2D eigenvalue weighted by Gasteiger charge is -2.36. The average Bonchev–Trinajstić information content (AvgIpc) is 2.60. The highest BCUT2D eigenvalue weighted by atomic mass is 35.5. The molecule has 0 bridgehead atoms. The monoisotopic (exact) mass is 393 g/mol. The highest BCUT2D eigenvalue weighted by Gasteiger charge is 2.29. The molecule has 1 aliphatic rings. The lowest BCUT2D eigenvalue weighted by molar-refractivity contribution is -0.177. The molecular weight excluding hydrogens is 375 g/mol. The summed E-state index contributed by atoms with van der Waals surface area (Å²) in [5.74, 6) is -1.57. The number of hydrogen-bond acceptors (Lipinski definition) is 6. The van der Waals surface area contributed by atoms with Gasteiger partial charge in [-0.2, -0.15) is 0 Å². The molecule has 1 fully saturated rings. The van der Waals surface area contributed by atoms with Crippen molar-refractivity contribution in [1.82, 2.24) is 9.97 Å². The summed E-state index contributed by atoms with van der Waals surface area (Å²) in [6.07, 6.45) is 3.70. The second-order valence-corrected chi connectivity index (χ2v) is 7.18. The van der Waals surface area contributed by atoms with E-state index in [1.807, 2.05) is 13.8 Å². The van der Waals surface area contributed by atoms with Crippen LogP contribution in [0, 0.1) is 12.0 Å². The summed E-state index contributed by atoms with van der Waals surface area (Å²) in [6.45, 7) is 4.98. The molecule has 0 unspecified atom stereocenters. The van der Waals surface area contributed by atoms with Gasteiger partial charge in [-0.3, -0.25) is 9.78 Å². The molecule has 3 heterocycles. The lowest BCUT2D eigenvalue weighted by Crippen LogP contribution is -2.45. The maximum atomic E-state index is 14.5. The number of nitrogens with zero attached hydrogens (tertiary/aromatic N) is 2. The first-order chi connectivity index (χ1) is 12.8. The molecule has 0 saturated carbocycles. The quantitative estimate of drug-likeness (QED) is 0.809. The molecule has 0 aliphatic carbocycles. The minimum absolute atomic E-state index is 0.0464. The van der Waals surface area contributed by atoms with Gasteiger partial charge in [0.15, 0.2) is 11.6 Å². The number of aromatic nitrogens is 2. The SMILES string of the molecule is CC1(C)COC[C@H](CNc2nc(-c3c[c]ncc3Cl)c(C(N)=O)cc2F)O1. The van der Waals surface area contributed by atoms with Crippen molar-refractivity contribution in [3.63, 3.8) is 0 Å². The van der Waals surface area contributed by atoms with Gasteiger partial charge >= 0.3 is 0 Å². The van der Waals surface area contributed by atoms with E-state index in [2.05, 4.69) is 21.5 Å². The van der Waals surface area contributed by atoms with Crippen LogP contribution in [-0.4, -0.2) is 47.3 Å². The van der Waals surface area contributed by atoms with Crippen LogP contribution in [0.2, 0.25) is 5.02 Å². The Labute approximate surface area is 161 Å². The van der Waals surface area contributed by atoms with Crippen molar-refractivity contribution in [2.75, 3.05) is 25.1 Å². The fourth-order valence-electron chi connectivity index (χ4n) is 2.79. The minimum atomic E-state index is -0.818. The molecule has 1 saturated heterocycles. The number of anilines is 1. The van der Waals surface area contributed by atoms with Crippen LogP contribution in [0.4, 0.5) is 10.2 Å².